The van der Waals surface area contributed by atoms with Gasteiger partial charge in [-0.05, 0) is 44.7 Å². The minimum absolute atomic E-state index is 0.366. The third-order valence-corrected chi connectivity index (χ3v) is 6.11. The molecule has 21 heavy (non-hydrogen) atoms. The Balaban J connectivity index is 1.74. The highest BCUT2D eigenvalue weighted by atomic mass is 32.2. The molecular weight excluding hydrogens is 286 g/mol. The lowest BCUT2D eigenvalue weighted by Crippen LogP contribution is -2.44. The molecule has 6 heteroatoms. The maximum Gasteiger partial charge on any atom is 0.279 e. The molecule has 0 aromatic heterocycles. The number of nitrogens with zero attached hydrogens (tertiary/aromatic N) is 2. The van der Waals surface area contributed by atoms with E-state index in [1.54, 1.807) is 4.31 Å². The third-order valence-electron chi connectivity index (χ3n) is 4.54. The van der Waals surface area contributed by atoms with Crippen LogP contribution in [0, 0.1) is 5.92 Å². The Bertz CT molecular complexity index is 386. The first kappa shape index (κ1) is 17.2. The van der Waals surface area contributed by atoms with Gasteiger partial charge in [-0.3, -0.25) is 0 Å². The largest absolute Gasteiger partial charge is 0.303 e. The summed E-state index contributed by atoms with van der Waals surface area (Å²) in [4.78, 5) is 2.47. The van der Waals surface area contributed by atoms with Crippen molar-refractivity contribution in [3.63, 3.8) is 0 Å². The average Bonchev–Trinajstić information content (AvgIpc) is 2.76. The predicted octanol–water partition coefficient (Wildman–Crippen LogP) is 1.82. The van der Waals surface area contributed by atoms with Crippen LogP contribution in [0.5, 0.6) is 0 Å². The van der Waals surface area contributed by atoms with Crippen LogP contribution in [0.25, 0.3) is 0 Å². The molecule has 0 amide bonds. The topological polar surface area (TPSA) is 52.7 Å². The molecule has 2 aliphatic rings. The molecule has 2 aliphatic heterocycles. The zero-order valence-corrected chi connectivity index (χ0v) is 14.2. The van der Waals surface area contributed by atoms with Crippen LogP contribution >= 0.6 is 0 Å². The Morgan fingerprint density at radius 3 is 2.05 bits per heavy atom. The highest BCUT2D eigenvalue weighted by Gasteiger charge is 2.23. The van der Waals surface area contributed by atoms with E-state index >= 15 is 0 Å². The number of piperidine rings is 1. The Morgan fingerprint density at radius 2 is 1.43 bits per heavy atom. The van der Waals surface area contributed by atoms with Crippen molar-refractivity contribution in [2.75, 3.05) is 39.3 Å². The second kappa shape index (κ2) is 8.46. The smallest absolute Gasteiger partial charge is 0.279 e. The lowest BCUT2D eigenvalue weighted by molar-refractivity contribution is 0.201. The van der Waals surface area contributed by atoms with Crippen molar-refractivity contribution in [3.8, 4) is 0 Å². The number of hydrogen-bond donors (Lipinski definition) is 1. The van der Waals surface area contributed by atoms with Gasteiger partial charge < -0.3 is 4.90 Å². The summed E-state index contributed by atoms with van der Waals surface area (Å²) in [6.45, 7) is 7.38. The van der Waals surface area contributed by atoms with Gasteiger partial charge in [-0.15, -0.1) is 0 Å². The fourth-order valence-electron chi connectivity index (χ4n) is 3.27. The molecule has 2 saturated heterocycles. The lowest BCUT2D eigenvalue weighted by Gasteiger charge is -2.29. The second-order valence-electron chi connectivity index (χ2n) is 6.63. The molecule has 0 aliphatic carbocycles. The van der Waals surface area contributed by atoms with Gasteiger partial charge in [-0.25, -0.2) is 4.72 Å². The van der Waals surface area contributed by atoms with E-state index in [-0.39, 0.29) is 0 Å². The molecule has 0 aromatic carbocycles. The zero-order chi connectivity index (χ0) is 15.1. The normalized spacial score (nSPS) is 24.6. The molecule has 0 saturated carbocycles. The Kier molecular flexibility index (Phi) is 6.92. The van der Waals surface area contributed by atoms with E-state index in [0.29, 0.717) is 25.6 Å². The monoisotopic (exact) mass is 317 g/mol. The number of nitrogens with one attached hydrogen (secondary N) is 1. The average molecular weight is 317 g/mol. The second-order valence-corrected chi connectivity index (χ2v) is 8.39. The predicted molar refractivity (Wildman–Crippen MR) is 86.4 cm³/mol. The molecule has 124 valence electrons. The summed E-state index contributed by atoms with van der Waals surface area (Å²) < 4.78 is 29.1. The summed E-state index contributed by atoms with van der Waals surface area (Å²) in [5, 5.41) is 0. The maximum atomic E-state index is 12.3. The highest BCUT2D eigenvalue weighted by molar-refractivity contribution is 7.87. The van der Waals surface area contributed by atoms with Crippen LogP contribution in [0.15, 0.2) is 0 Å². The van der Waals surface area contributed by atoms with Gasteiger partial charge in [0.1, 0.15) is 0 Å². The summed E-state index contributed by atoms with van der Waals surface area (Å²) >= 11 is 0. The summed E-state index contributed by atoms with van der Waals surface area (Å²) in [5.74, 6) is 0.366. The fourth-order valence-corrected chi connectivity index (χ4v) is 4.68. The minimum Gasteiger partial charge on any atom is -0.303 e. The SMILES string of the molecule is C[C@H](CNS(=O)(=O)N1CCCCCC1)CN1CCCCC1. The van der Waals surface area contributed by atoms with Crippen LogP contribution in [0.1, 0.15) is 51.9 Å². The number of hydrogen-bond acceptors (Lipinski definition) is 3. The molecule has 0 spiro atoms. The van der Waals surface area contributed by atoms with Gasteiger partial charge in [0, 0.05) is 26.2 Å². The van der Waals surface area contributed by atoms with Gasteiger partial charge in [0.2, 0.25) is 0 Å². The molecule has 0 radical (unpaired) electrons. The maximum absolute atomic E-state index is 12.3. The molecular formula is C15H31N3O2S. The quantitative estimate of drug-likeness (QED) is 0.813. The highest BCUT2D eigenvalue weighted by Crippen LogP contribution is 2.13. The first-order chi connectivity index (χ1) is 10.1. The molecule has 2 rings (SSSR count). The van der Waals surface area contributed by atoms with Crippen molar-refractivity contribution in [1.29, 1.82) is 0 Å². The van der Waals surface area contributed by atoms with Crippen LogP contribution in [-0.4, -0.2) is 56.9 Å². The van der Waals surface area contributed by atoms with Crippen molar-refractivity contribution < 1.29 is 8.42 Å². The van der Waals surface area contributed by atoms with E-state index in [4.69, 9.17) is 0 Å². The molecule has 0 bridgehead atoms. The van der Waals surface area contributed by atoms with Gasteiger partial charge in [0.25, 0.3) is 10.2 Å². The standard InChI is InChI=1S/C15H31N3O2S/c1-15(14-17-9-5-4-6-10-17)13-16-21(19,20)18-11-7-2-3-8-12-18/h15-16H,2-14H2,1H3/t15-/m1/s1. The van der Waals surface area contributed by atoms with Crippen molar-refractivity contribution in [2.45, 2.75) is 51.9 Å². The first-order valence-electron chi connectivity index (χ1n) is 8.55. The van der Waals surface area contributed by atoms with Gasteiger partial charge in [0.05, 0.1) is 0 Å². The van der Waals surface area contributed by atoms with Crippen LogP contribution < -0.4 is 4.72 Å². The molecule has 1 atom stereocenters. The van der Waals surface area contributed by atoms with Crippen molar-refractivity contribution in [1.82, 2.24) is 13.9 Å². The van der Waals surface area contributed by atoms with E-state index in [1.807, 2.05) is 0 Å². The minimum atomic E-state index is -3.28. The third kappa shape index (κ3) is 5.85. The Labute approximate surface area is 130 Å². The molecule has 0 unspecified atom stereocenters. The van der Waals surface area contributed by atoms with Crippen molar-refractivity contribution >= 4 is 10.2 Å². The van der Waals surface area contributed by atoms with Crippen LogP contribution in [0.4, 0.5) is 0 Å². The first-order valence-corrected chi connectivity index (χ1v) is 9.99. The summed E-state index contributed by atoms with van der Waals surface area (Å²) in [7, 11) is -3.28. The molecule has 1 N–H and O–H groups in total. The van der Waals surface area contributed by atoms with E-state index in [2.05, 4.69) is 16.5 Å². The number of likely N-dealkylation sites (tertiary alicyclic amines) is 1. The molecule has 2 heterocycles. The lowest BCUT2D eigenvalue weighted by atomic mass is 10.1. The molecule has 5 nitrogen and oxygen atoms in total. The Hall–Kier alpha value is -0.170. The summed E-state index contributed by atoms with van der Waals surface area (Å²) in [6.07, 6.45) is 8.19. The van der Waals surface area contributed by atoms with Crippen molar-refractivity contribution in [2.24, 2.45) is 5.92 Å². The van der Waals surface area contributed by atoms with Gasteiger partial charge in [0.15, 0.2) is 0 Å². The van der Waals surface area contributed by atoms with Gasteiger partial charge in [-0.1, -0.05) is 26.2 Å². The molecule has 0 aromatic rings. The van der Waals surface area contributed by atoms with E-state index in [9.17, 15) is 8.42 Å². The number of rotatable bonds is 6. The van der Waals surface area contributed by atoms with E-state index in [1.165, 1.54) is 32.4 Å². The van der Waals surface area contributed by atoms with Crippen LogP contribution in [0.2, 0.25) is 0 Å². The fraction of sp³-hybridized carbons (Fsp3) is 1.00. The Morgan fingerprint density at radius 1 is 0.905 bits per heavy atom. The van der Waals surface area contributed by atoms with E-state index in [0.717, 1.165) is 32.2 Å². The van der Waals surface area contributed by atoms with Crippen LogP contribution in [-0.2, 0) is 10.2 Å². The van der Waals surface area contributed by atoms with Crippen LogP contribution in [0.3, 0.4) is 0 Å². The van der Waals surface area contributed by atoms with Gasteiger partial charge in [-0.2, -0.15) is 12.7 Å². The summed E-state index contributed by atoms with van der Waals surface area (Å²) in [6, 6.07) is 0. The van der Waals surface area contributed by atoms with Crippen molar-refractivity contribution in [3.05, 3.63) is 0 Å². The summed E-state index contributed by atoms with van der Waals surface area (Å²) in [5.41, 5.74) is 0. The zero-order valence-electron chi connectivity index (χ0n) is 13.4. The van der Waals surface area contributed by atoms with Gasteiger partial charge >= 0.3 is 0 Å². The van der Waals surface area contributed by atoms with E-state index < -0.39 is 10.2 Å². The molecule has 2 fully saturated rings.